The Kier molecular flexibility index (Phi) is 6.29. The molecule has 34 heavy (non-hydrogen) atoms. The van der Waals surface area contributed by atoms with Gasteiger partial charge < -0.3 is 16.8 Å². The van der Waals surface area contributed by atoms with E-state index in [1.54, 1.807) is 6.07 Å². The second-order valence-electron chi connectivity index (χ2n) is 9.45. The lowest BCUT2D eigenvalue weighted by molar-refractivity contribution is 0.339. The molecule has 6 N–H and O–H groups in total. The van der Waals surface area contributed by atoms with E-state index in [4.69, 9.17) is 11.5 Å². The van der Waals surface area contributed by atoms with Gasteiger partial charge in [-0.1, -0.05) is 36.4 Å². The van der Waals surface area contributed by atoms with Crippen LogP contribution in [0.5, 0.6) is 0 Å². The largest absolute Gasteiger partial charge is 0.384 e. The summed E-state index contributed by atoms with van der Waals surface area (Å²) in [6, 6.07) is 20.5. The van der Waals surface area contributed by atoms with Gasteiger partial charge in [-0.15, -0.1) is 0 Å². The molecule has 2 aliphatic carbocycles. The Hall–Kier alpha value is -2.94. The number of aromatic nitrogens is 1. The molecule has 7 nitrogen and oxygen atoms in total. The molecular formula is C26H31N5O2S. The minimum atomic E-state index is -3.74. The van der Waals surface area contributed by atoms with E-state index in [1.165, 1.54) is 43.2 Å². The molecule has 1 heterocycles. The zero-order valence-corrected chi connectivity index (χ0v) is 19.8. The van der Waals surface area contributed by atoms with E-state index in [-0.39, 0.29) is 10.7 Å². The van der Waals surface area contributed by atoms with Gasteiger partial charge in [-0.25, -0.2) is 13.4 Å². The Labute approximate surface area is 201 Å². The lowest BCUT2D eigenvalue weighted by Crippen LogP contribution is -2.38. The highest BCUT2D eigenvalue weighted by Crippen LogP contribution is 2.42. The molecule has 0 spiro atoms. The number of nitrogens with one attached hydrogen (secondary N) is 2. The van der Waals surface area contributed by atoms with Gasteiger partial charge in [0.15, 0.2) is 0 Å². The zero-order valence-electron chi connectivity index (χ0n) is 19.0. The molecule has 8 heteroatoms. The number of rotatable bonds is 7. The fraction of sp³-hybridized carbons (Fsp3) is 0.346. The van der Waals surface area contributed by atoms with Crippen LogP contribution < -0.4 is 21.5 Å². The van der Waals surface area contributed by atoms with Crippen molar-refractivity contribution in [2.24, 2.45) is 5.73 Å². The third-order valence-corrected chi connectivity index (χ3v) is 8.24. The minimum absolute atomic E-state index is 0.0696. The van der Waals surface area contributed by atoms with E-state index in [2.05, 4.69) is 39.3 Å². The Morgan fingerprint density at radius 3 is 2.38 bits per heavy atom. The fourth-order valence-electron chi connectivity index (χ4n) is 4.79. The highest BCUT2D eigenvalue weighted by Gasteiger charge is 2.39. The maximum absolute atomic E-state index is 12.7. The Bertz CT molecular complexity index is 1240. The summed E-state index contributed by atoms with van der Waals surface area (Å²) in [5, 5.41) is 3.82. The molecule has 0 radical (unpaired) electrons. The molecule has 0 aliphatic heterocycles. The number of hydrogen-bond donors (Lipinski definition) is 4. The number of hydrogen-bond acceptors (Lipinski definition) is 6. The van der Waals surface area contributed by atoms with Crippen molar-refractivity contribution in [1.82, 2.24) is 10.3 Å². The van der Waals surface area contributed by atoms with Crippen molar-refractivity contribution >= 4 is 21.5 Å². The topological polar surface area (TPSA) is 123 Å². The minimum Gasteiger partial charge on any atom is -0.384 e. The van der Waals surface area contributed by atoms with Crippen molar-refractivity contribution in [2.45, 2.75) is 61.0 Å². The van der Waals surface area contributed by atoms with Crippen LogP contribution in [0.4, 0.5) is 11.5 Å². The summed E-state index contributed by atoms with van der Waals surface area (Å²) in [6.45, 7) is 0. The molecule has 2 fully saturated rings. The lowest BCUT2D eigenvalue weighted by atomic mass is 9.92. The van der Waals surface area contributed by atoms with Crippen molar-refractivity contribution in [3.63, 3.8) is 0 Å². The smallest absolute Gasteiger partial charge is 0.263 e. The number of pyridine rings is 1. The number of anilines is 2. The SMILES string of the molecule is Nc1ccc(S(=O)(=O)Nc2cccc(-c3ccc(C4CC4NC4CCC(N)CC4)cc3)c2)cn1. The molecular weight excluding hydrogens is 446 g/mol. The summed E-state index contributed by atoms with van der Waals surface area (Å²) < 4.78 is 28.0. The van der Waals surface area contributed by atoms with Crippen LogP contribution in [0.15, 0.2) is 71.8 Å². The molecule has 0 bridgehead atoms. The van der Waals surface area contributed by atoms with Crippen LogP contribution in [-0.4, -0.2) is 31.5 Å². The van der Waals surface area contributed by atoms with E-state index >= 15 is 0 Å². The van der Waals surface area contributed by atoms with Crippen LogP contribution >= 0.6 is 0 Å². The van der Waals surface area contributed by atoms with Crippen LogP contribution in [0.3, 0.4) is 0 Å². The van der Waals surface area contributed by atoms with Gasteiger partial charge in [0.2, 0.25) is 0 Å². The number of nitrogen functional groups attached to an aromatic ring is 1. The van der Waals surface area contributed by atoms with Gasteiger partial charge in [0.25, 0.3) is 10.0 Å². The van der Waals surface area contributed by atoms with Gasteiger partial charge in [-0.2, -0.15) is 0 Å². The first-order valence-electron chi connectivity index (χ1n) is 11.8. The van der Waals surface area contributed by atoms with E-state index in [9.17, 15) is 8.42 Å². The molecule has 3 aromatic rings. The quantitative estimate of drug-likeness (QED) is 0.410. The average molecular weight is 478 g/mol. The molecule has 2 unspecified atom stereocenters. The molecule has 2 aromatic carbocycles. The first-order chi connectivity index (χ1) is 16.4. The molecule has 2 atom stereocenters. The molecule has 0 saturated heterocycles. The maximum Gasteiger partial charge on any atom is 0.263 e. The van der Waals surface area contributed by atoms with Crippen molar-refractivity contribution < 1.29 is 8.42 Å². The van der Waals surface area contributed by atoms with Gasteiger partial charge in [-0.05, 0) is 73.1 Å². The summed E-state index contributed by atoms with van der Waals surface area (Å²) in [4.78, 5) is 3.94. The number of nitrogens with two attached hydrogens (primary N) is 2. The van der Waals surface area contributed by atoms with Gasteiger partial charge in [-0.3, -0.25) is 4.72 Å². The van der Waals surface area contributed by atoms with E-state index in [0.29, 0.717) is 29.7 Å². The summed E-state index contributed by atoms with van der Waals surface area (Å²) in [7, 11) is -3.74. The summed E-state index contributed by atoms with van der Waals surface area (Å²) in [5.41, 5.74) is 15.4. The number of benzene rings is 2. The van der Waals surface area contributed by atoms with E-state index < -0.39 is 10.0 Å². The molecule has 1 aromatic heterocycles. The van der Waals surface area contributed by atoms with Gasteiger partial charge in [0.1, 0.15) is 10.7 Å². The lowest BCUT2D eigenvalue weighted by Gasteiger charge is -2.27. The van der Waals surface area contributed by atoms with Crippen LogP contribution in [0.1, 0.15) is 43.6 Å². The standard InChI is InChI=1S/C26H31N5O2S/c27-20-8-10-21(11-9-20)30-25-15-24(25)18-6-4-17(5-7-18)19-2-1-3-22(14-19)31-34(32,33)23-12-13-26(28)29-16-23/h1-7,12-14,16,20-21,24-25,30-31H,8-11,15,27H2,(H2,28,29). The third kappa shape index (κ3) is 5.24. The van der Waals surface area contributed by atoms with E-state index in [0.717, 1.165) is 24.0 Å². The fourth-order valence-corrected chi connectivity index (χ4v) is 5.78. The van der Waals surface area contributed by atoms with Gasteiger partial charge >= 0.3 is 0 Å². The second-order valence-corrected chi connectivity index (χ2v) is 11.1. The van der Waals surface area contributed by atoms with Crippen LogP contribution in [0.25, 0.3) is 11.1 Å². The van der Waals surface area contributed by atoms with Crippen molar-refractivity contribution in [2.75, 3.05) is 10.5 Å². The number of sulfonamides is 1. The Morgan fingerprint density at radius 1 is 0.912 bits per heavy atom. The highest BCUT2D eigenvalue weighted by atomic mass is 32.2. The Balaban J connectivity index is 1.23. The highest BCUT2D eigenvalue weighted by molar-refractivity contribution is 7.92. The van der Waals surface area contributed by atoms with Gasteiger partial charge in [0, 0.05) is 35.9 Å². The molecule has 178 valence electrons. The molecule has 0 amide bonds. The maximum atomic E-state index is 12.7. The normalized spacial score (nSPS) is 24.5. The predicted octanol–water partition coefficient (Wildman–Crippen LogP) is 3.85. The summed E-state index contributed by atoms with van der Waals surface area (Å²) >= 11 is 0. The molecule has 2 saturated carbocycles. The second kappa shape index (κ2) is 9.37. The van der Waals surface area contributed by atoms with Crippen LogP contribution in [0, 0.1) is 0 Å². The van der Waals surface area contributed by atoms with Crippen LogP contribution in [0.2, 0.25) is 0 Å². The number of nitrogens with zero attached hydrogens (tertiary/aromatic N) is 1. The average Bonchev–Trinajstić information content (AvgIpc) is 3.60. The zero-order chi connectivity index (χ0) is 23.7. The monoisotopic (exact) mass is 477 g/mol. The van der Waals surface area contributed by atoms with E-state index in [1.807, 2.05) is 18.2 Å². The van der Waals surface area contributed by atoms with Crippen molar-refractivity contribution in [3.05, 3.63) is 72.4 Å². The predicted molar refractivity (Wildman–Crippen MR) is 136 cm³/mol. The Morgan fingerprint density at radius 2 is 1.68 bits per heavy atom. The first kappa shape index (κ1) is 22.8. The summed E-state index contributed by atoms with van der Waals surface area (Å²) in [5.74, 6) is 0.840. The van der Waals surface area contributed by atoms with Gasteiger partial charge in [0.05, 0.1) is 0 Å². The molecule has 2 aliphatic rings. The van der Waals surface area contributed by atoms with Crippen LogP contribution in [-0.2, 0) is 10.0 Å². The third-order valence-electron chi connectivity index (χ3n) is 6.87. The molecule has 5 rings (SSSR count). The summed E-state index contributed by atoms with van der Waals surface area (Å²) in [6.07, 6.45) is 7.03. The van der Waals surface area contributed by atoms with Crippen molar-refractivity contribution in [3.8, 4) is 11.1 Å². The van der Waals surface area contributed by atoms with Crippen molar-refractivity contribution in [1.29, 1.82) is 0 Å². The first-order valence-corrected chi connectivity index (χ1v) is 13.3.